The summed E-state index contributed by atoms with van der Waals surface area (Å²) in [6, 6.07) is 13.4. The van der Waals surface area contributed by atoms with Crippen molar-refractivity contribution in [3.8, 4) is 0 Å². The average molecular weight is 373 g/mol. The molecule has 136 valence electrons. The van der Waals surface area contributed by atoms with Crippen LogP contribution >= 0.6 is 11.6 Å². The zero-order valence-electron chi connectivity index (χ0n) is 14.5. The lowest BCUT2D eigenvalue weighted by atomic mass is 9.91. The highest BCUT2D eigenvalue weighted by Gasteiger charge is 2.57. The number of halogens is 2. The Morgan fingerprint density at radius 3 is 2.54 bits per heavy atom. The molecule has 2 aromatic carbocycles. The number of amides is 1. The fraction of sp³-hybridized carbons (Fsp3) is 0.381. The van der Waals surface area contributed by atoms with Gasteiger partial charge in [-0.3, -0.25) is 4.79 Å². The zero-order valence-corrected chi connectivity index (χ0v) is 15.2. The van der Waals surface area contributed by atoms with Crippen molar-refractivity contribution in [1.82, 2.24) is 10.6 Å². The molecule has 5 heteroatoms. The van der Waals surface area contributed by atoms with Crippen molar-refractivity contribution in [2.24, 2.45) is 11.3 Å². The van der Waals surface area contributed by atoms with E-state index in [2.05, 4.69) is 10.6 Å². The van der Waals surface area contributed by atoms with Gasteiger partial charge in [-0.25, -0.2) is 4.39 Å². The largest absolute Gasteiger partial charge is 0.345 e. The molecule has 3 nitrogen and oxygen atoms in total. The van der Waals surface area contributed by atoms with E-state index in [0.717, 1.165) is 43.5 Å². The van der Waals surface area contributed by atoms with Gasteiger partial charge < -0.3 is 10.6 Å². The maximum absolute atomic E-state index is 13.8. The van der Waals surface area contributed by atoms with Gasteiger partial charge in [-0.1, -0.05) is 35.9 Å². The summed E-state index contributed by atoms with van der Waals surface area (Å²) in [5, 5.41) is 7.11. The molecule has 1 saturated carbocycles. The van der Waals surface area contributed by atoms with Crippen LogP contribution in [0.15, 0.2) is 48.5 Å². The second-order valence-electron chi connectivity index (χ2n) is 7.42. The van der Waals surface area contributed by atoms with E-state index in [1.165, 1.54) is 12.1 Å². The lowest BCUT2D eigenvalue weighted by molar-refractivity contribution is -0.123. The molecule has 2 N–H and O–H groups in total. The van der Waals surface area contributed by atoms with Crippen LogP contribution in [0.3, 0.4) is 0 Å². The van der Waals surface area contributed by atoms with Crippen LogP contribution in [0.25, 0.3) is 0 Å². The Hall–Kier alpha value is -1.91. The first-order chi connectivity index (χ1) is 12.6. The van der Waals surface area contributed by atoms with E-state index < -0.39 is 6.04 Å². The van der Waals surface area contributed by atoms with Crippen molar-refractivity contribution in [2.75, 3.05) is 13.1 Å². The van der Waals surface area contributed by atoms with E-state index in [4.69, 9.17) is 11.6 Å². The molecule has 2 aromatic rings. The summed E-state index contributed by atoms with van der Waals surface area (Å²) in [6.45, 7) is 1.96. The van der Waals surface area contributed by atoms with E-state index in [-0.39, 0.29) is 23.1 Å². The van der Waals surface area contributed by atoms with Gasteiger partial charge in [0.2, 0.25) is 5.91 Å². The standard InChI is InChI=1S/C21H22ClFN2O/c22-16-5-1-3-14(11-16)19(15-4-2-6-17(23)12-15)25-20(26)18-13-21(18)7-9-24-10-8-21/h1-6,11-12,18-19,24H,7-10,13H2,(H,25,26). The predicted octanol–water partition coefficient (Wildman–Crippen LogP) is 4.07. The highest BCUT2D eigenvalue weighted by Crippen LogP contribution is 2.58. The number of carbonyl (C=O) groups excluding carboxylic acids is 1. The van der Waals surface area contributed by atoms with Crippen molar-refractivity contribution in [2.45, 2.75) is 25.3 Å². The summed E-state index contributed by atoms with van der Waals surface area (Å²) >= 11 is 6.14. The van der Waals surface area contributed by atoms with Gasteiger partial charge in [0.1, 0.15) is 5.82 Å². The third-order valence-corrected chi connectivity index (χ3v) is 5.99. The Bertz CT molecular complexity index is 774. The Kier molecular flexibility index (Phi) is 4.72. The van der Waals surface area contributed by atoms with E-state index in [1.807, 2.05) is 24.3 Å². The first kappa shape index (κ1) is 17.5. The molecule has 1 saturated heterocycles. The maximum Gasteiger partial charge on any atom is 0.224 e. The van der Waals surface area contributed by atoms with Crippen LogP contribution in [0, 0.1) is 17.2 Å². The first-order valence-electron chi connectivity index (χ1n) is 9.09. The topological polar surface area (TPSA) is 41.1 Å². The Morgan fingerprint density at radius 1 is 1.15 bits per heavy atom. The quantitative estimate of drug-likeness (QED) is 0.849. The van der Waals surface area contributed by atoms with Gasteiger partial charge in [0.15, 0.2) is 0 Å². The Morgan fingerprint density at radius 2 is 1.85 bits per heavy atom. The van der Waals surface area contributed by atoms with Gasteiger partial charge in [-0.2, -0.15) is 0 Å². The van der Waals surface area contributed by atoms with Crippen molar-refractivity contribution in [3.63, 3.8) is 0 Å². The first-order valence-corrected chi connectivity index (χ1v) is 9.47. The molecule has 2 unspecified atom stereocenters. The monoisotopic (exact) mass is 372 g/mol. The van der Waals surface area contributed by atoms with E-state index in [1.54, 1.807) is 12.1 Å². The number of hydrogen-bond donors (Lipinski definition) is 2. The van der Waals surface area contributed by atoms with Gasteiger partial charge in [-0.15, -0.1) is 0 Å². The molecule has 2 atom stereocenters. The van der Waals surface area contributed by atoms with Crippen molar-refractivity contribution in [1.29, 1.82) is 0 Å². The molecule has 1 amide bonds. The van der Waals surface area contributed by atoms with Crippen LogP contribution in [-0.4, -0.2) is 19.0 Å². The number of rotatable bonds is 4. The van der Waals surface area contributed by atoms with Crippen LogP contribution in [-0.2, 0) is 4.79 Å². The third kappa shape index (κ3) is 3.49. The molecule has 26 heavy (non-hydrogen) atoms. The van der Waals surface area contributed by atoms with Crippen molar-refractivity contribution in [3.05, 3.63) is 70.5 Å². The molecule has 2 fully saturated rings. The molecule has 1 aliphatic carbocycles. The summed E-state index contributed by atoms with van der Waals surface area (Å²) < 4.78 is 13.8. The predicted molar refractivity (Wildman–Crippen MR) is 100 cm³/mol. The van der Waals surface area contributed by atoms with E-state index >= 15 is 0 Å². The van der Waals surface area contributed by atoms with Crippen LogP contribution in [0.5, 0.6) is 0 Å². The summed E-state index contributed by atoms with van der Waals surface area (Å²) in [6.07, 6.45) is 3.05. The number of hydrogen-bond acceptors (Lipinski definition) is 2. The minimum Gasteiger partial charge on any atom is -0.345 e. The van der Waals surface area contributed by atoms with Gasteiger partial charge in [-0.05, 0) is 73.2 Å². The highest BCUT2D eigenvalue weighted by molar-refractivity contribution is 6.30. The minimum absolute atomic E-state index is 0.0554. The molecular weight excluding hydrogens is 351 g/mol. The van der Waals surface area contributed by atoms with E-state index in [0.29, 0.717) is 5.02 Å². The summed E-state index contributed by atoms with van der Waals surface area (Å²) in [5.41, 5.74) is 1.74. The molecule has 4 rings (SSSR count). The van der Waals surface area contributed by atoms with Crippen LogP contribution in [0.4, 0.5) is 4.39 Å². The second-order valence-corrected chi connectivity index (χ2v) is 7.86. The highest BCUT2D eigenvalue weighted by atomic mass is 35.5. The lowest BCUT2D eigenvalue weighted by Crippen LogP contribution is -2.35. The number of piperidine rings is 1. The number of benzene rings is 2. The SMILES string of the molecule is O=C(NC(c1cccc(F)c1)c1cccc(Cl)c1)C1CC12CCNCC2. The fourth-order valence-corrected chi connectivity index (χ4v) is 4.37. The van der Waals surface area contributed by atoms with Crippen LogP contribution in [0.1, 0.15) is 36.4 Å². The van der Waals surface area contributed by atoms with Crippen LogP contribution < -0.4 is 10.6 Å². The van der Waals surface area contributed by atoms with Gasteiger partial charge in [0, 0.05) is 10.9 Å². The summed E-state index contributed by atoms with van der Waals surface area (Å²) in [7, 11) is 0. The van der Waals surface area contributed by atoms with Crippen molar-refractivity contribution >= 4 is 17.5 Å². The summed E-state index contributed by atoms with van der Waals surface area (Å²) in [4.78, 5) is 12.9. The zero-order chi connectivity index (χ0) is 18.1. The fourth-order valence-electron chi connectivity index (χ4n) is 4.17. The second kappa shape index (κ2) is 7.01. The normalized spacial score (nSPS) is 22.0. The van der Waals surface area contributed by atoms with Gasteiger partial charge in [0.25, 0.3) is 0 Å². The molecule has 0 aromatic heterocycles. The number of carbonyl (C=O) groups is 1. The maximum atomic E-state index is 13.8. The smallest absolute Gasteiger partial charge is 0.224 e. The molecule has 1 heterocycles. The summed E-state index contributed by atoms with van der Waals surface area (Å²) in [5.74, 6) is -0.203. The van der Waals surface area contributed by atoms with Crippen molar-refractivity contribution < 1.29 is 9.18 Å². The van der Waals surface area contributed by atoms with Gasteiger partial charge >= 0.3 is 0 Å². The molecule has 1 spiro atoms. The number of nitrogens with one attached hydrogen (secondary N) is 2. The molecule has 2 aliphatic rings. The van der Waals surface area contributed by atoms with E-state index in [9.17, 15) is 9.18 Å². The molecule has 0 radical (unpaired) electrons. The molecular formula is C21H22ClFN2O. The Labute approximate surface area is 157 Å². The van der Waals surface area contributed by atoms with Gasteiger partial charge in [0.05, 0.1) is 6.04 Å². The van der Waals surface area contributed by atoms with Crippen LogP contribution in [0.2, 0.25) is 5.02 Å². The lowest BCUT2D eigenvalue weighted by Gasteiger charge is -2.25. The minimum atomic E-state index is -0.406. The Balaban J connectivity index is 1.58. The average Bonchev–Trinajstić information content (AvgIpc) is 3.33. The molecule has 0 bridgehead atoms. The molecule has 1 aliphatic heterocycles. The third-order valence-electron chi connectivity index (χ3n) is 5.76.